The number of hydrogen-bond acceptors (Lipinski definition) is 10. The van der Waals surface area contributed by atoms with Crippen molar-refractivity contribution in [1.29, 1.82) is 0 Å². The molecule has 0 aliphatic carbocycles. The van der Waals surface area contributed by atoms with E-state index in [1.54, 1.807) is 43.8 Å². The summed E-state index contributed by atoms with van der Waals surface area (Å²) >= 11 is -2.34. The van der Waals surface area contributed by atoms with E-state index in [1.807, 2.05) is 6.07 Å². The van der Waals surface area contributed by atoms with Crippen LogP contribution >= 0.6 is 0 Å². The molecule has 0 spiro atoms. The number of morpholine rings is 1. The Balaban J connectivity index is 1.62. The fourth-order valence-electron chi connectivity index (χ4n) is 4.53. The van der Waals surface area contributed by atoms with Crippen LogP contribution in [-0.2, 0) is 22.4 Å². The monoisotopic (exact) mass is 552 g/mol. The molecule has 204 valence electrons. The van der Waals surface area contributed by atoms with Crippen LogP contribution in [-0.4, -0.2) is 68.7 Å². The van der Waals surface area contributed by atoms with E-state index in [2.05, 4.69) is 19.6 Å². The second-order valence-electron chi connectivity index (χ2n) is 8.89. The largest absolute Gasteiger partial charge is 0.760 e. The highest BCUT2D eigenvalue weighted by atomic mass is 32.2. The van der Waals surface area contributed by atoms with Gasteiger partial charge in [-0.05, 0) is 36.1 Å². The summed E-state index contributed by atoms with van der Waals surface area (Å²) in [7, 11) is 1.54. The van der Waals surface area contributed by atoms with E-state index in [-0.39, 0.29) is 18.3 Å². The molecule has 2 aromatic heterocycles. The maximum absolute atomic E-state index is 15.7. The molecule has 1 saturated heterocycles. The van der Waals surface area contributed by atoms with Gasteiger partial charge >= 0.3 is 0 Å². The van der Waals surface area contributed by atoms with Crippen LogP contribution in [0.2, 0.25) is 0 Å². The Hall–Kier alpha value is -3.78. The summed E-state index contributed by atoms with van der Waals surface area (Å²) in [5.74, 6) is 1.33. The number of nitrogens with one attached hydrogen (secondary N) is 1. The molecular weight excluding hydrogens is 525 g/mol. The predicted molar refractivity (Wildman–Crippen MR) is 145 cm³/mol. The van der Waals surface area contributed by atoms with Crippen molar-refractivity contribution in [1.82, 2.24) is 24.7 Å². The lowest BCUT2D eigenvalue weighted by molar-refractivity contribution is 0.122. The van der Waals surface area contributed by atoms with Crippen LogP contribution < -0.4 is 20.1 Å². The normalized spacial score (nSPS) is 14.5. The van der Waals surface area contributed by atoms with Crippen molar-refractivity contribution in [3.63, 3.8) is 0 Å². The number of nitrogens with zero attached hydrogens (tertiary/aromatic N) is 5. The highest BCUT2D eigenvalue weighted by Crippen LogP contribution is 2.38. The van der Waals surface area contributed by atoms with Crippen LogP contribution in [0.5, 0.6) is 5.75 Å². The fourth-order valence-corrected chi connectivity index (χ4v) is 4.84. The quantitative estimate of drug-likeness (QED) is 0.234. The molecule has 0 radical (unpaired) electrons. The average molecular weight is 553 g/mol. The van der Waals surface area contributed by atoms with Gasteiger partial charge in [0.25, 0.3) is 0 Å². The SMILES string of the molecule is COc1cc(-c2cccc(CCCNS(=O)[O-])c2F)cc2c(N3CCOCC3)nc(-c3cnc(N)nc3)nc12. The topological polar surface area (TPSA) is 151 Å². The third-order valence-corrected chi connectivity index (χ3v) is 6.88. The number of aromatic nitrogens is 4. The number of aryl methyl sites for hydroxylation is 1. The molecule has 1 aliphatic rings. The zero-order valence-corrected chi connectivity index (χ0v) is 22.0. The third-order valence-electron chi connectivity index (χ3n) is 6.44. The van der Waals surface area contributed by atoms with Crippen molar-refractivity contribution >= 4 is 33.9 Å². The number of hydrogen-bond donors (Lipinski definition) is 2. The lowest BCUT2D eigenvalue weighted by Crippen LogP contribution is -2.37. The van der Waals surface area contributed by atoms with Gasteiger partial charge in [0.2, 0.25) is 5.95 Å². The van der Waals surface area contributed by atoms with E-state index >= 15 is 4.39 Å². The standard InChI is InChI=1S/C26H28FN7O4S/c1-37-21-13-17(19-6-2-4-16(22(19)27)5-3-7-31-39(35)36)12-20-23(21)32-24(18-14-29-26(28)30-15-18)33-25(20)34-8-10-38-11-9-34/h2,4,6,12-15,31H,3,5,7-11H2,1H3,(H,35,36)(H2,28,29,30)/p-1. The fraction of sp³-hybridized carbons (Fsp3) is 0.308. The summed E-state index contributed by atoms with van der Waals surface area (Å²) in [6.45, 7) is 2.58. The minimum absolute atomic E-state index is 0.149. The Morgan fingerprint density at radius 1 is 1.18 bits per heavy atom. The van der Waals surface area contributed by atoms with E-state index in [4.69, 9.17) is 25.2 Å². The minimum Gasteiger partial charge on any atom is -0.760 e. The molecule has 0 bridgehead atoms. The number of halogens is 1. The summed E-state index contributed by atoms with van der Waals surface area (Å²) < 4.78 is 50.7. The molecule has 1 unspecified atom stereocenters. The van der Waals surface area contributed by atoms with Crippen molar-refractivity contribution in [2.24, 2.45) is 0 Å². The first-order valence-corrected chi connectivity index (χ1v) is 13.4. The van der Waals surface area contributed by atoms with E-state index in [0.717, 1.165) is 0 Å². The maximum atomic E-state index is 15.7. The summed E-state index contributed by atoms with van der Waals surface area (Å²) in [5, 5.41) is 0.707. The summed E-state index contributed by atoms with van der Waals surface area (Å²) in [6.07, 6.45) is 3.98. The summed E-state index contributed by atoms with van der Waals surface area (Å²) in [6, 6.07) is 8.82. The first kappa shape index (κ1) is 26.8. The molecule has 0 amide bonds. The van der Waals surface area contributed by atoms with Crippen molar-refractivity contribution in [3.8, 4) is 28.3 Å². The van der Waals surface area contributed by atoms with Gasteiger partial charge < -0.3 is 24.7 Å². The Morgan fingerprint density at radius 2 is 1.95 bits per heavy atom. The second kappa shape index (κ2) is 11.9. The molecule has 13 heteroatoms. The van der Waals surface area contributed by atoms with E-state index in [9.17, 15) is 8.76 Å². The Morgan fingerprint density at radius 3 is 2.67 bits per heavy atom. The number of ether oxygens (including phenoxy) is 2. The minimum atomic E-state index is -2.34. The van der Waals surface area contributed by atoms with Gasteiger partial charge in [-0.1, -0.05) is 18.2 Å². The smallest absolute Gasteiger partial charge is 0.219 e. The molecule has 1 fully saturated rings. The molecule has 5 rings (SSSR count). The van der Waals surface area contributed by atoms with Gasteiger partial charge in [0, 0.05) is 54.2 Å². The van der Waals surface area contributed by atoms with Crippen LogP contribution in [0.25, 0.3) is 33.4 Å². The molecule has 3 heterocycles. The molecule has 1 aliphatic heterocycles. The zero-order valence-electron chi connectivity index (χ0n) is 21.2. The first-order valence-electron chi connectivity index (χ1n) is 12.4. The van der Waals surface area contributed by atoms with Crippen LogP contribution in [0.4, 0.5) is 16.2 Å². The molecule has 2 aromatic carbocycles. The molecule has 11 nitrogen and oxygen atoms in total. The van der Waals surface area contributed by atoms with Gasteiger partial charge in [-0.15, -0.1) is 0 Å². The number of anilines is 2. The predicted octanol–water partition coefficient (Wildman–Crippen LogP) is 2.64. The van der Waals surface area contributed by atoms with Crippen molar-refractivity contribution < 1.29 is 22.6 Å². The lowest BCUT2D eigenvalue weighted by atomic mass is 9.98. The van der Waals surface area contributed by atoms with Crippen molar-refractivity contribution in [2.75, 3.05) is 50.6 Å². The number of fused-ring (bicyclic) bond motifs is 1. The van der Waals surface area contributed by atoms with Crippen LogP contribution in [0.3, 0.4) is 0 Å². The Kier molecular flexibility index (Phi) is 8.21. The number of nitrogen functional groups attached to an aromatic ring is 1. The molecule has 1 atom stereocenters. The second-order valence-corrected chi connectivity index (χ2v) is 9.64. The summed E-state index contributed by atoms with van der Waals surface area (Å²) in [4.78, 5) is 19.9. The molecular formula is C26H27FN7O4S-. The van der Waals surface area contributed by atoms with Gasteiger partial charge in [-0.3, -0.25) is 4.21 Å². The van der Waals surface area contributed by atoms with E-state index in [1.165, 1.54) is 0 Å². The van der Waals surface area contributed by atoms with Gasteiger partial charge in [0.05, 0.1) is 25.9 Å². The van der Waals surface area contributed by atoms with Crippen LogP contribution in [0, 0.1) is 5.82 Å². The first-order chi connectivity index (χ1) is 18.9. The van der Waals surface area contributed by atoms with Gasteiger partial charge in [-0.2, -0.15) is 0 Å². The molecule has 39 heavy (non-hydrogen) atoms. The highest BCUT2D eigenvalue weighted by molar-refractivity contribution is 7.77. The molecule has 0 saturated carbocycles. The third kappa shape index (κ3) is 5.96. The Bertz CT molecular complexity index is 1500. The van der Waals surface area contributed by atoms with Crippen LogP contribution in [0.15, 0.2) is 42.7 Å². The zero-order chi connectivity index (χ0) is 27.4. The van der Waals surface area contributed by atoms with E-state index in [0.29, 0.717) is 89.7 Å². The molecule has 3 N–H and O–H groups in total. The number of methoxy groups -OCH3 is 1. The van der Waals surface area contributed by atoms with Gasteiger partial charge in [-0.25, -0.2) is 29.0 Å². The van der Waals surface area contributed by atoms with Gasteiger partial charge in [0.1, 0.15) is 22.9 Å². The lowest BCUT2D eigenvalue weighted by Gasteiger charge is -2.29. The Labute approximate surface area is 227 Å². The summed E-state index contributed by atoms with van der Waals surface area (Å²) in [5.41, 5.74) is 8.33. The average Bonchev–Trinajstić information content (AvgIpc) is 2.95. The number of rotatable bonds is 9. The molecule has 4 aromatic rings. The van der Waals surface area contributed by atoms with Crippen molar-refractivity contribution in [2.45, 2.75) is 12.8 Å². The number of nitrogens with two attached hydrogens (primary N) is 1. The van der Waals surface area contributed by atoms with Crippen LogP contribution in [0.1, 0.15) is 12.0 Å². The highest BCUT2D eigenvalue weighted by Gasteiger charge is 2.22. The van der Waals surface area contributed by atoms with Gasteiger partial charge in [0.15, 0.2) is 5.82 Å². The van der Waals surface area contributed by atoms with Crippen molar-refractivity contribution in [3.05, 3.63) is 54.1 Å². The number of benzene rings is 2. The van der Waals surface area contributed by atoms with E-state index < -0.39 is 11.3 Å². The maximum Gasteiger partial charge on any atom is 0.219 e.